The van der Waals surface area contributed by atoms with Crippen LogP contribution in [0.4, 0.5) is 0 Å². The number of ether oxygens (including phenoxy) is 2. The first-order valence-corrected chi connectivity index (χ1v) is 16.1. The molecule has 1 aliphatic rings. The Kier molecular flexibility index (Phi) is 11.1. The van der Waals surface area contributed by atoms with Crippen LogP contribution in [0.25, 0.3) is 5.57 Å². The van der Waals surface area contributed by atoms with Crippen LogP contribution < -0.4 is 10.1 Å². The van der Waals surface area contributed by atoms with E-state index in [1.54, 1.807) is 4.90 Å². The largest absolute Gasteiger partial charge is 0.488 e. The van der Waals surface area contributed by atoms with E-state index in [2.05, 4.69) is 11.9 Å². The van der Waals surface area contributed by atoms with Crippen LogP contribution in [0.15, 0.2) is 104 Å². The van der Waals surface area contributed by atoms with E-state index in [0.29, 0.717) is 25.3 Å². The number of amides is 1. The van der Waals surface area contributed by atoms with E-state index in [1.165, 1.54) is 0 Å². The van der Waals surface area contributed by atoms with Crippen LogP contribution in [0, 0.1) is 6.92 Å². The number of hydrogen-bond acceptors (Lipinski definition) is 5. The number of carbonyl (C=O) groups excluding carboxylic acids is 2. The Morgan fingerprint density at radius 1 is 0.870 bits per heavy atom. The van der Waals surface area contributed by atoms with Gasteiger partial charge >= 0.3 is 5.97 Å². The van der Waals surface area contributed by atoms with Crippen molar-refractivity contribution in [2.24, 2.45) is 0 Å². The van der Waals surface area contributed by atoms with Gasteiger partial charge in [-0.3, -0.25) is 10.1 Å². The van der Waals surface area contributed by atoms with Crippen molar-refractivity contribution in [3.8, 4) is 5.75 Å². The number of esters is 1. The van der Waals surface area contributed by atoms with Gasteiger partial charge in [0.25, 0.3) is 5.91 Å². The highest BCUT2D eigenvalue weighted by molar-refractivity contribution is 5.97. The normalized spacial score (nSPS) is 13.6. The highest BCUT2D eigenvalue weighted by atomic mass is 16.5. The standard InChI is InChI=1S/C40H44N2O4/c1-28(2)35-24-36(29(3)23-37(35)45-27-32-13-7-5-8-14-32)39(43)42(4)26-31-21-19-30(20-22-31)25-41-38(33-15-9-6-10-16-33)40(44)46-34-17-11-12-18-34/h5-10,13-16,19-24,34,38,41H,1,11-12,17-18,25-27H2,2-4H3/t38-/m0/s1. The highest BCUT2D eigenvalue weighted by Crippen LogP contribution is 2.30. The molecule has 0 bridgehead atoms. The van der Waals surface area contributed by atoms with Gasteiger partial charge in [-0.25, -0.2) is 4.79 Å². The Morgan fingerprint density at radius 2 is 1.50 bits per heavy atom. The summed E-state index contributed by atoms with van der Waals surface area (Å²) in [5, 5.41) is 3.41. The molecule has 46 heavy (non-hydrogen) atoms. The maximum Gasteiger partial charge on any atom is 0.328 e. The molecule has 1 fully saturated rings. The molecule has 0 aliphatic heterocycles. The summed E-state index contributed by atoms with van der Waals surface area (Å²) >= 11 is 0. The summed E-state index contributed by atoms with van der Waals surface area (Å²) in [6.07, 6.45) is 4.12. The minimum atomic E-state index is -0.535. The first kappa shape index (κ1) is 32.7. The molecule has 1 amide bonds. The molecule has 6 nitrogen and oxygen atoms in total. The zero-order valence-electron chi connectivity index (χ0n) is 27.1. The Bertz CT molecular complexity index is 1630. The maximum atomic E-state index is 13.6. The van der Waals surface area contributed by atoms with Gasteiger partial charge in [-0.15, -0.1) is 0 Å². The van der Waals surface area contributed by atoms with Crippen LogP contribution in [0.3, 0.4) is 0 Å². The van der Waals surface area contributed by atoms with Crippen molar-refractivity contribution in [3.05, 3.63) is 143 Å². The van der Waals surface area contributed by atoms with Gasteiger partial charge < -0.3 is 14.4 Å². The SMILES string of the molecule is C=C(C)c1cc(C(=O)N(C)Cc2ccc(CN[C@H](C(=O)OC3CCCC3)c3ccccc3)cc2)c(C)cc1OCc1ccccc1. The van der Waals surface area contributed by atoms with E-state index >= 15 is 0 Å². The molecule has 1 aliphatic carbocycles. The Morgan fingerprint density at radius 3 is 2.15 bits per heavy atom. The number of nitrogens with one attached hydrogen (secondary N) is 1. The molecule has 6 heteroatoms. The smallest absolute Gasteiger partial charge is 0.328 e. The van der Waals surface area contributed by atoms with Crippen molar-refractivity contribution in [1.29, 1.82) is 0 Å². The van der Waals surface area contributed by atoms with E-state index in [0.717, 1.165) is 70.4 Å². The van der Waals surface area contributed by atoms with Gasteiger partial charge in [0.15, 0.2) is 0 Å². The fourth-order valence-corrected chi connectivity index (χ4v) is 5.86. The zero-order valence-corrected chi connectivity index (χ0v) is 27.1. The quantitative estimate of drug-likeness (QED) is 0.153. The lowest BCUT2D eigenvalue weighted by atomic mass is 9.99. The number of nitrogens with zero attached hydrogens (tertiary/aromatic N) is 1. The number of rotatable bonds is 13. The van der Waals surface area contributed by atoms with Crippen LogP contribution in [-0.4, -0.2) is 29.9 Å². The van der Waals surface area contributed by atoms with Gasteiger partial charge in [0.05, 0.1) is 0 Å². The third-order valence-electron chi connectivity index (χ3n) is 8.51. The van der Waals surface area contributed by atoms with E-state index in [1.807, 2.05) is 118 Å². The second-order valence-corrected chi connectivity index (χ2v) is 12.3. The van der Waals surface area contributed by atoms with Crippen molar-refractivity contribution >= 4 is 17.4 Å². The zero-order chi connectivity index (χ0) is 32.5. The number of allylic oxidation sites excluding steroid dienone is 1. The Balaban J connectivity index is 1.21. The molecule has 1 saturated carbocycles. The third-order valence-corrected chi connectivity index (χ3v) is 8.51. The van der Waals surface area contributed by atoms with Crippen LogP contribution in [-0.2, 0) is 29.2 Å². The summed E-state index contributed by atoms with van der Waals surface area (Å²) in [5.41, 5.74) is 7.17. The van der Waals surface area contributed by atoms with Gasteiger partial charge in [-0.2, -0.15) is 0 Å². The Labute approximate surface area is 273 Å². The van der Waals surface area contributed by atoms with Gasteiger partial charge in [0.2, 0.25) is 0 Å². The molecule has 0 spiro atoms. The summed E-state index contributed by atoms with van der Waals surface area (Å²) in [6, 6.07) is 31.2. The van der Waals surface area contributed by atoms with Crippen molar-refractivity contribution in [2.45, 2.75) is 71.4 Å². The van der Waals surface area contributed by atoms with Crippen molar-refractivity contribution in [3.63, 3.8) is 0 Å². The predicted molar refractivity (Wildman–Crippen MR) is 183 cm³/mol. The van der Waals surface area contributed by atoms with Gasteiger partial charge in [0.1, 0.15) is 24.5 Å². The lowest BCUT2D eigenvalue weighted by Crippen LogP contribution is -2.32. The van der Waals surface area contributed by atoms with E-state index in [4.69, 9.17) is 9.47 Å². The minimum absolute atomic E-state index is 0.0153. The molecule has 0 saturated heterocycles. The molecule has 4 aromatic rings. The average molecular weight is 617 g/mol. The van der Waals surface area contributed by atoms with Crippen LogP contribution in [0.5, 0.6) is 5.75 Å². The fraction of sp³-hybridized carbons (Fsp3) is 0.300. The molecule has 0 unspecified atom stereocenters. The fourth-order valence-electron chi connectivity index (χ4n) is 5.86. The number of benzene rings is 4. The summed E-state index contributed by atoms with van der Waals surface area (Å²) in [7, 11) is 1.82. The predicted octanol–water partition coefficient (Wildman–Crippen LogP) is 8.20. The molecule has 4 aromatic carbocycles. The van der Waals surface area contributed by atoms with E-state index in [9.17, 15) is 9.59 Å². The van der Waals surface area contributed by atoms with E-state index in [-0.39, 0.29) is 18.0 Å². The molecule has 0 aromatic heterocycles. The minimum Gasteiger partial charge on any atom is -0.488 e. The number of hydrogen-bond donors (Lipinski definition) is 1. The molecule has 1 N–H and O–H groups in total. The monoisotopic (exact) mass is 616 g/mol. The van der Waals surface area contributed by atoms with Crippen LogP contribution in [0.1, 0.15) is 82.4 Å². The lowest BCUT2D eigenvalue weighted by molar-refractivity contribution is -0.151. The first-order chi connectivity index (χ1) is 22.3. The Hall–Kier alpha value is -4.68. The molecule has 1 atom stereocenters. The summed E-state index contributed by atoms with van der Waals surface area (Å²) in [6.45, 7) is 9.40. The molecule has 0 heterocycles. The number of aryl methyl sites for hydroxylation is 1. The van der Waals surface area contributed by atoms with Gasteiger partial charge in [-0.05, 0) is 85.1 Å². The summed E-state index contributed by atoms with van der Waals surface area (Å²) in [4.78, 5) is 28.5. The summed E-state index contributed by atoms with van der Waals surface area (Å²) in [5.74, 6) is 0.432. The first-order valence-electron chi connectivity index (χ1n) is 16.1. The topological polar surface area (TPSA) is 67.9 Å². The second-order valence-electron chi connectivity index (χ2n) is 12.3. The van der Waals surface area contributed by atoms with Crippen LogP contribution in [0.2, 0.25) is 0 Å². The van der Waals surface area contributed by atoms with Gasteiger partial charge in [0, 0.05) is 31.3 Å². The maximum absolute atomic E-state index is 13.6. The van der Waals surface area contributed by atoms with Gasteiger partial charge in [-0.1, -0.05) is 91.5 Å². The number of carbonyl (C=O) groups is 2. The molecular weight excluding hydrogens is 572 g/mol. The van der Waals surface area contributed by atoms with Crippen molar-refractivity contribution in [1.82, 2.24) is 10.2 Å². The third kappa shape index (κ3) is 8.52. The average Bonchev–Trinajstić information content (AvgIpc) is 3.58. The molecular formula is C40H44N2O4. The lowest BCUT2D eigenvalue weighted by Gasteiger charge is -2.22. The van der Waals surface area contributed by atoms with Crippen molar-refractivity contribution in [2.75, 3.05) is 7.05 Å². The molecule has 0 radical (unpaired) electrons. The second kappa shape index (κ2) is 15.5. The molecule has 238 valence electrons. The van der Waals surface area contributed by atoms with Crippen molar-refractivity contribution < 1.29 is 19.1 Å². The molecule has 5 rings (SSSR count). The highest BCUT2D eigenvalue weighted by Gasteiger charge is 2.26. The van der Waals surface area contributed by atoms with Crippen LogP contribution >= 0.6 is 0 Å². The summed E-state index contributed by atoms with van der Waals surface area (Å²) < 4.78 is 12.0. The van der Waals surface area contributed by atoms with E-state index < -0.39 is 6.04 Å².